The Hall–Kier alpha value is -2.36. The highest BCUT2D eigenvalue weighted by Gasteiger charge is 2.54. The second-order valence-corrected chi connectivity index (χ2v) is 9.89. The van der Waals surface area contributed by atoms with Gasteiger partial charge in [-0.05, 0) is 73.0 Å². The topological polar surface area (TPSA) is 99.6 Å². The predicted octanol–water partition coefficient (Wildman–Crippen LogP) is 4.18. The van der Waals surface area contributed by atoms with E-state index in [2.05, 4.69) is 26.7 Å². The fourth-order valence-corrected chi connectivity index (χ4v) is 6.44. The van der Waals surface area contributed by atoms with Gasteiger partial charge in [0.2, 0.25) is 5.95 Å². The van der Waals surface area contributed by atoms with E-state index in [-0.39, 0.29) is 0 Å². The summed E-state index contributed by atoms with van der Waals surface area (Å²) in [6.45, 7) is 1.42. The van der Waals surface area contributed by atoms with Crippen molar-refractivity contribution in [1.29, 1.82) is 5.26 Å². The molecule has 6 rings (SSSR count). The number of nitrogens with one attached hydrogen (secondary N) is 2. The van der Waals surface area contributed by atoms with E-state index in [0.717, 1.165) is 18.0 Å². The van der Waals surface area contributed by atoms with Crippen LogP contribution in [-0.4, -0.2) is 22.6 Å². The van der Waals surface area contributed by atoms with Gasteiger partial charge in [0.15, 0.2) is 0 Å². The molecule has 4 aliphatic rings. The molecule has 4 fully saturated rings. The fourth-order valence-electron chi connectivity index (χ4n) is 6.23. The van der Waals surface area contributed by atoms with Gasteiger partial charge in [-0.15, -0.1) is 0 Å². The molecule has 0 radical (unpaired) electrons. The number of rotatable bonds is 6. The van der Waals surface area contributed by atoms with Crippen molar-refractivity contribution < 1.29 is 0 Å². The van der Waals surface area contributed by atoms with Crippen molar-refractivity contribution >= 4 is 23.4 Å². The summed E-state index contributed by atoms with van der Waals surface area (Å²) < 4.78 is 0. The average molecular weight is 423 g/mol. The van der Waals surface area contributed by atoms with E-state index in [9.17, 15) is 5.26 Å². The van der Waals surface area contributed by atoms with Crippen molar-refractivity contribution in [3.05, 3.63) is 46.6 Å². The summed E-state index contributed by atoms with van der Waals surface area (Å²) in [5.74, 6) is 3.26. The minimum absolute atomic E-state index is 0.290. The summed E-state index contributed by atoms with van der Waals surface area (Å²) in [5.41, 5.74) is 8.31. The van der Waals surface area contributed by atoms with Gasteiger partial charge in [-0.2, -0.15) is 10.2 Å². The lowest BCUT2D eigenvalue weighted by Crippen LogP contribution is -2.58. The Kier molecular flexibility index (Phi) is 5.04. The van der Waals surface area contributed by atoms with Gasteiger partial charge in [0, 0.05) is 24.2 Å². The number of aromatic nitrogens is 2. The van der Waals surface area contributed by atoms with Crippen LogP contribution in [0.15, 0.2) is 30.5 Å². The third-order valence-electron chi connectivity index (χ3n) is 7.35. The molecule has 7 heteroatoms. The smallest absolute Gasteiger partial charge is 0.224 e. The molecule has 4 bridgehead atoms. The van der Waals surface area contributed by atoms with E-state index < -0.39 is 0 Å². The lowest BCUT2D eigenvalue weighted by molar-refractivity contribution is -0.0591. The van der Waals surface area contributed by atoms with Gasteiger partial charge in [0.25, 0.3) is 0 Å². The summed E-state index contributed by atoms with van der Waals surface area (Å²) in [5, 5.41) is 17.0. The van der Waals surface area contributed by atoms with E-state index >= 15 is 0 Å². The van der Waals surface area contributed by atoms with Crippen LogP contribution in [0.3, 0.4) is 0 Å². The molecule has 4 N–H and O–H groups in total. The Morgan fingerprint density at radius 2 is 2.00 bits per heavy atom. The molecule has 30 heavy (non-hydrogen) atoms. The molecule has 1 aromatic heterocycles. The molecule has 0 amide bonds. The van der Waals surface area contributed by atoms with Crippen LogP contribution in [-0.2, 0) is 6.54 Å². The van der Waals surface area contributed by atoms with Gasteiger partial charge in [0.1, 0.15) is 17.5 Å². The number of hydrogen-bond acceptors (Lipinski definition) is 6. The number of hydrogen-bond donors (Lipinski definition) is 3. The molecule has 1 heterocycles. The third kappa shape index (κ3) is 3.73. The van der Waals surface area contributed by atoms with Crippen LogP contribution in [0.1, 0.15) is 43.2 Å². The van der Waals surface area contributed by atoms with Crippen molar-refractivity contribution in [1.82, 2.24) is 9.97 Å². The molecular weight excluding hydrogens is 396 g/mol. The summed E-state index contributed by atoms with van der Waals surface area (Å²) in [7, 11) is 0. The van der Waals surface area contributed by atoms with Crippen LogP contribution in [0.5, 0.6) is 0 Å². The molecule has 2 aromatic rings. The highest BCUT2D eigenvalue weighted by Crippen LogP contribution is 2.59. The molecule has 1 aromatic carbocycles. The van der Waals surface area contributed by atoms with E-state index in [4.69, 9.17) is 17.3 Å². The average Bonchev–Trinajstić information content (AvgIpc) is 2.74. The van der Waals surface area contributed by atoms with Crippen LogP contribution in [0.25, 0.3) is 0 Å². The highest BCUT2D eigenvalue weighted by atomic mass is 35.5. The van der Waals surface area contributed by atoms with E-state index in [0.29, 0.717) is 52.2 Å². The van der Waals surface area contributed by atoms with Crippen molar-refractivity contribution in [3.63, 3.8) is 0 Å². The number of halogens is 1. The molecule has 4 aliphatic carbocycles. The monoisotopic (exact) mass is 422 g/mol. The summed E-state index contributed by atoms with van der Waals surface area (Å²) >= 11 is 6.06. The maximum Gasteiger partial charge on any atom is 0.224 e. The standard InChI is InChI=1S/C23H27ClN6/c24-19-3-1-2-14(6-19)11-27-22-28-12-18(10-25)21(30-22)29-13-23-7-15-4-16(8-23)20(26)17(5-15)9-23/h1-3,6,12,15-17,20H,4-5,7-9,11,13,26H2,(H2,27,28,29,30)/t15?,16-,17+,20-,23+. The second kappa shape index (κ2) is 7.72. The van der Waals surface area contributed by atoms with Crippen LogP contribution < -0.4 is 16.4 Å². The van der Waals surface area contributed by atoms with Crippen LogP contribution in [0.2, 0.25) is 5.02 Å². The zero-order valence-corrected chi connectivity index (χ0v) is 17.7. The Morgan fingerprint density at radius 1 is 1.20 bits per heavy atom. The highest BCUT2D eigenvalue weighted by molar-refractivity contribution is 6.30. The summed E-state index contributed by atoms with van der Waals surface area (Å²) in [6, 6.07) is 10.3. The first-order valence-electron chi connectivity index (χ1n) is 10.8. The number of anilines is 2. The van der Waals surface area contributed by atoms with Crippen LogP contribution in [0, 0.1) is 34.5 Å². The van der Waals surface area contributed by atoms with Crippen molar-refractivity contribution in [2.24, 2.45) is 28.9 Å². The fraction of sp³-hybridized carbons (Fsp3) is 0.522. The zero-order valence-electron chi connectivity index (χ0n) is 16.9. The van der Waals surface area contributed by atoms with Gasteiger partial charge in [-0.3, -0.25) is 0 Å². The molecule has 156 valence electrons. The normalized spacial score (nSPS) is 31.4. The molecular formula is C23H27ClN6. The Morgan fingerprint density at radius 3 is 2.73 bits per heavy atom. The minimum Gasteiger partial charge on any atom is -0.368 e. The quantitative estimate of drug-likeness (QED) is 0.645. The molecule has 5 atom stereocenters. The van der Waals surface area contributed by atoms with Gasteiger partial charge in [-0.1, -0.05) is 23.7 Å². The largest absolute Gasteiger partial charge is 0.368 e. The van der Waals surface area contributed by atoms with Crippen LogP contribution in [0.4, 0.5) is 11.8 Å². The lowest BCUT2D eigenvalue weighted by Gasteiger charge is -2.59. The van der Waals surface area contributed by atoms with E-state index in [1.165, 1.54) is 32.1 Å². The third-order valence-corrected chi connectivity index (χ3v) is 7.59. The number of nitriles is 1. The molecule has 0 saturated heterocycles. The van der Waals surface area contributed by atoms with Crippen molar-refractivity contribution in [2.75, 3.05) is 17.2 Å². The molecule has 1 unspecified atom stereocenters. The van der Waals surface area contributed by atoms with Crippen LogP contribution >= 0.6 is 11.6 Å². The molecule has 4 saturated carbocycles. The van der Waals surface area contributed by atoms with Crippen molar-refractivity contribution in [3.8, 4) is 6.07 Å². The van der Waals surface area contributed by atoms with Gasteiger partial charge >= 0.3 is 0 Å². The van der Waals surface area contributed by atoms with E-state index in [1.54, 1.807) is 6.20 Å². The maximum absolute atomic E-state index is 9.52. The minimum atomic E-state index is 0.290. The Labute approximate surface area is 182 Å². The first kappa shape index (κ1) is 19.6. The number of benzene rings is 1. The summed E-state index contributed by atoms with van der Waals surface area (Å²) in [4.78, 5) is 8.90. The van der Waals surface area contributed by atoms with Gasteiger partial charge in [0.05, 0.1) is 6.20 Å². The zero-order chi connectivity index (χ0) is 20.7. The lowest BCUT2D eigenvalue weighted by atomic mass is 9.48. The molecule has 0 aliphatic heterocycles. The number of nitrogens with zero attached hydrogens (tertiary/aromatic N) is 3. The van der Waals surface area contributed by atoms with Crippen molar-refractivity contribution in [2.45, 2.75) is 44.7 Å². The van der Waals surface area contributed by atoms with E-state index in [1.807, 2.05) is 24.3 Å². The van der Waals surface area contributed by atoms with Gasteiger partial charge in [-0.25, -0.2) is 4.98 Å². The molecule has 6 nitrogen and oxygen atoms in total. The Balaban J connectivity index is 1.28. The maximum atomic E-state index is 9.52. The Bertz CT molecular complexity index is 970. The predicted molar refractivity (Wildman–Crippen MR) is 118 cm³/mol. The first-order valence-corrected chi connectivity index (χ1v) is 11.2. The SMILES string of the molecule is N#Cc1cnc(NCc2cccc(Cl)c2)nc1NC[C@@]12CC3C[C@H](C1)[C@@H](N)[C@@H](C3)C2. The van der Waals surface area contributed by atoms with Gasteiger partial charge < -0.3 is 16.4 Å². The molecule has 0 spiro atoms. The number of nitrogens with two attached hydrogens (primary N) is 1. The first-order chi connectivity index (χ1) is 14.5. The summed E-state index contributed by atoms with van der Waals surface area (Å²) in [6.07, 6.45) is 7.85. The second-order valence-electron chi connectivity index (χ2n) is 9.45.